The monoisotopic (exact) mass is 227 g/mol. The lowest BCUT2D eigenvalue weighted by molar-refractivity contribution is -0.144. The molecule has 0 saturated carbocycles. The van der Waals surface area contributed by atoms with Crippen LogP contribution in [0.2, 0.25) is 0 Å². The van der Waals surface area contributed by atoms with Gasteiger partial charge >= 0.3 is 5.97 Å². The van der Waals surface area contributed by atoms with Gasteiger partial charge in [-0.15, -0.1) is 0 Å². The minimum atomic E-state index is -0.0233. The van der Waals surface area contributed by atoms with Gasteiger partial charge in [-0.1, -0.05) is 13.8 Å². The lowest BCUT2D eigenvalue weighted by atomic mass is 9.93. The maximum absolute atomic E-state index is 11.3. The molecule has 3 nitrogen and oxygen atoms in total. The number of rotatable bonds is 5. The summed E-state index contributed by atoms with van der Waals surface area (Å²) in [7, 11) is 0. The molecule has 0 unspecified atom stereocenters. The lowest BCUT2D eigenvalue weighted by Crippen LogP contribution is -2.36. The Morgan fingerprint density at radius 1 is 1.38 bits per heavy atom. The Kier molecular flexibility index (Phi) is 5.81. The Bertz CT molecular complexity index is 208. The summed E-state index contributed by atoms with van der Waals surface area (Å²) in [5.41, 5.74) is 0. The maximum atomic E-state index is 11.3. The molecule has 3 heteroatoms. The largest absolute Gasteiger partial charge is 0.466 e. The highest BCUT2D eigenvalue weighted by atomic mass is 16.5. The minimum absolute atomic E-state index is 0.0233. The molecule has 1 aliphatic rings. The van der Waals surface area contributed by atoms with E-state index in [1.165, 1.54) is 6.54 Å². The zero-order valence-corrected chi connectivity index (χ0v) is 10.9. The van der Waals surface area contributed by atoms with Crippen LogP contribution in [0.1, 0.15) is 40.0 Å². The Hall–Kier alpha value is -0.570. The van der Waals surface area contributed by atoms with E-state index in [0.717, 1.165) is 31.8 Å². The third-order valence-corrected chi connectivity index (χ3v) is 3.09. The van der Waals surface area contributed by atoms with Crippen molar-refractivity contribution >= 4 is 5.97 Å². The summed E-state index contributed by atoms with van der Waals surface area (Å²) in [4.78, 5) is 13.8. The molecule has 1 fully saturated rings. The minimum Gasteiger partial charge on any atom is -0.466 e. The molecule has 94 valence electrons. The number of hydrogen-bond donors (Lipinski definition) is 0. The molecular formula is C13H25NO2. The number of piperidine rings is 1. The van der Waals surface area contributed by atoms with E-state index in [2.05, 4.69) is 18.7 Å². The van der Waals surface area contributed by atoms with Crippen LogP contribution in [-0.2, 0) is 9.53 Å². The van der Waals surface area contributed by atoms with Crippen molar-refractivity contribution in [3.05, 3.63) is 0 Å². The molecule has 0 amide bonds. The normalized spacial score (nSPS) is 19.0. The van der Waals surface area contributed by atoms with Crippen LogP contribution < -0.4 is 0 Å². The van der Waals surface area contributed by atoms with Crippen LogP contribution in [0.5, 0.6) is 0 Å². The Morgan fingerprint density at radius 2 is 2.00 bits per heavy atom. The number of carbonyl (C=O) groups is 1. The van der Waals surface area contributed by atoms with Gasteiger partial charge in [0.15, 0.2) is 0 Å². The fourth-order valence-corrected chi connectivity index (χ4v) is 2.35. The lowest BCUT2D eigenvalue weighted by Gasteiger charge is -2.32. The Balaban J connectivity index is 2.19. The molecule has 0 spiro atoms. The van der Waals surface area contributed by atoms with Gasteiger partial charge in [-0.3, -0.25) is 4.79 Å². The van der Waals surface area contributed by atoms with Gasteiger partial charge in [0.05, 0.1) is 6.61 Å². The molecule has 0 N–H and O–H groups in total. The van der Waals surface area contributed by atoms with Crippen molar-refractivity contribution in [1.29, 1.82) is 0 Å². The molecule has 0 aliphatic carbocycles. The summed E-state index contributed by atoms with van der Waals surface area (Å²) in [6.45, 7) is 10.3. The zero-order chi connectivity index (χ0) is 12.0. The van der Waals surface area contributed by atoms with Gasteiger partial charge in [0.2, 0.25) is 0 Å². The molecule has 0 aromatic heterocycles. The summed E-state index contributed by atoms with van der Waals surface area (Å²) in [5, 5.41) is 0. The molecule has 0 aromatic carbocycles. The van der Waals surface area contributed by atoms with E-state index in [1.807, 2.05) is 6.92 Å². The van der Waals surface area contributed by atoms with Crippen LogP contribution >= 0.6 is 0 Å². The summed E-state index contributed by atoms with van der Waals surface area (Å²) in [5.74, 6) is 1.26. The van der Waals surface area contributed by atoms with Crippen LogP contribution in [0.4, 0.5) is 0 Å². The maximum Gasteiger partial charge on any atom is 0.306 e. The van der Waals surface area contributed by atoms with Gasteiger partial charge in [0, 0.05) is 13.0 Å². The van der Waals surface area contributed by atoms with Gasteiger partial charge in [-0.05, 0) is 44.7 Å². The molecule has 0 radical (unpaired) electrons. The van der Waals surface area contributed by atoms with Gasteiger partial charge < -0.3 is 9.64 Å². The van der Waals surface area contributed by atoms with E-state index >= 15 is 0 Å². The standard InChI is InChI=1S/C13H25NO2/c1-4-16-13(15)9-12-5-7-14(8-6-12)10-11(2)3/h11-12H,4-10H2,1-3H3. The first kappa shape index (κ1) is 13.5. The SMILES string of the molecule is CCOC(=O)CC1CCN(CC(C)C)CC1. The fourth-order valence-electron chi connectivity index (χ4n) is 2.35. The van der Waals surface area contributed by atoms with Gasteiger partial charge in [0.1, 0.15) is 0 Å². The molecule has 1 aliphatic heterocycles. The number of hydrogen-bond acceptors (Lipinski definition) is 3. The number of nitrogens with zero attached hydrogens (tertiary/aromatic N) is 1. The van der Waals surface area contributed by atoms with Crippen LogP contribution in [0.25, 0.3) is 0 Å². The highest BCUT2D eigenvalue weighted by Crippen LogP contribution is 2.21. The first-order valence-electron chi connectivity index (χ1n) is 6.49. The van der Waals surface area contributed by atoms with Gasteiger partial charge in [-0.2, -0.15) is 0 Å². The summed E-state index contributed by atoms with van der Waals surface area (Å²) < 4.78 is 4.98. The molecular weight excluding hydrogens is 202 g/mol. The van der Waals surface area contributed by atoms with Crippen molar-refractivity contribution in [2.45, 2.75) is 40.0 Å². The first-order valence-corrected chi connectivity index (χ1v) is 6.49. The second kappa shape index (κ2) is 6.89. The molecule has 0 aromatic rings. The average molecular weight is 227 g/mol. The van der Waals surface area contributed by atoms with E-state index in [1.54, 1.807) is 0 Å². The zero-order valence-electron chi connectivity index (χ0n) is 10.9. The van der Waals surface area contributed by atoms with E-state index < -0.39 is 0 Å². The summed E-state index contributed by atoms with van der Waals surface area (Å²) in [6, 6.07) is 0. The topological polar surface area (TPSA) is 29.5 Å². The highest BCUT2D eigenvalue weighted by Gasteiger charge is 2.22. The number of esters is 1. The highest BCUT2D eigenvalue weighted by molar-refractivity contribution is 5.69. The molecule has 1 heterocycles. The number of ether oxygens (including phenoxy) is 1. The van der Waals surface area contributed by atoms with Crippen LogP contribution in [0, 0.1) is 11.8 Å². The average Bonchev–Trinajstić information content (AvgIpc) is 2.20. The van der Waals surface area contributed by atoms with E-state index in [0.29, 0.717) is 18.9 Å². The Morgan fingerprint density at radius 3 is 2.50 bits per heavy atom. The van der Waals surface area contributed by atoms with Crippen molar-refractivity contribution in [1.82, 2.24) is 4.90 Å². The molecule has 0 bridgehead atoms. The van der Waals surface area contributed by atoms with Crippen LogP contribution in [0.3, 0.4) is 0 Å². The smallest absolute Gasteiger partial charge is 0.306 e. The molecule has 1 rings (SSSR count). The Labute approximate surface area is 99.1 Å². The van der Waals surface area contributed by atoms with Crippen molar-refractivity contribution in [3.8, 4) is 0 Å². The van der Waals surface area contributed by atoms with Crippen LogP contribution in [0.15, 0.2) is 0 Å². The molecule has 16 heavy (non-hydrogen) atoms. The van der Waals surface area contributed by atoms with Crippen molar-refractivity contribution < 1.29 is 9.53 Å². The second-order valence-corrected chi connectivity index (χ2v) is 5.15. The van der Waals surface area contributed by atoms with Gasteiger partial charge in [0.25, 0.3) is 0 Å². The predicted octanol–water partition coefficient (Wildman–Crippen LogP) is 2.31. The number of carbonyl (C=O) groups excluding carboxylic acids is 1. The third-order valence-electron chi connectivity index (χ3n) is 3.09. The van der Waals surface area contributed by atoms with Crippen LogP contribution in [-0.4, -0.2) is 37.1 Å². The van der Waals surface area contributed by atoms with Crippen molar-refractivity contribution in [2.75, 3.05) is 26.2 Å². The van der Waals surface area contributed by atoms with Crippen molar-refractivity contribution in [2.24, 2.45) is 11.8 Å². The first-order chi connectivity index (χ1) is 7.61. The number of likely N-dealkylation sites (tertiary alicyclic amines) is 1. The summed E-state index contributed by atoms with van der Waals surface area (Å²) >= 11 is 0. The fraction of sp³-hybridized carbons (Fsp3) is 0.923. The van der Waals surface area contributed by atoms with E-state index in [-0.39, 0.29) is 5.97 Å². The van der Waals surface area contributed by atoms with E-state index in [4.69, 9.17) is 4.74 Å². The van der Waals surface area contributed by atoms with Gasteiger partial charge in [-0.25, -0.2) is 0 Å². The predicted molar refractivity (Wildman–Crippen MR) is 65.3 cm³/mol. The van der Waals surface area contributed by atoms with Crippen molar-refractivity contribution in [3.63, 3.8) is 0 Å². The summed E-state index contributed by atoms with van der Waals surface area (Å²) in [6.07, 6.45) is 2.90. The second-order valence-electron chi connectivity index (χ2n) is 5.15. The quantitative estimate of drug-likeness (QED) is 0.675. The third kappa shape index (κ3) is 4.97. The molecule has 1 saturated heterocycles. The molecule has 0 atom stereocenters. The van der Waals surface area contributed by atoms with E-state index in [9.17, 15) is 4.79 Å².